The average Bonchev–Trinajstić information content (AvgIpc) is 2.69. The molecule has 0 saturated heterocycles. The van der Waals surface area contributed by atoms with Gasteiger partial charge in [-0.1, -0.05) is 6.07 Å². The lowest BCUT2D eigenvalue weighted by Crippen LogP contribution is -2.09. The van der Waals surface area contributed by atoms with Crippen molar-refractivity contribution >= 4 is 11.9 Å². The summed E-state index contributed by atoms with van der Waals surface area (Å²) in [6.07, 6.45) is 2.15. The minimum atomic E-state index is -0.320. The summed E-state index contributed by atoms with van der Waals surface area (Å²) in [7, 11) is 1.41. The van der Waals surface area contributed by atoms with E-state index in [9.17, 15) is 9.59 Å². The lowest BCUT2D eigenvalue weighted by atomic mass is 10.0. The summed E-state index contributed by atoms with van der Waals surface area (Å²) in [6.45, 7) is 1.38. The minimum absolute atomic E-state index is 0.173. The van der Waals surface area contributed by atoms with Crippen LogP contribution in [0.5, 0.6) is 5.75 Å². The maximum atomic E-state index is 11.2. The summed E-state index contributed by atoms with van der Waals surface area (Å²) in [5, 5.41) is 0. The standard InChI is InChI=1S/C14H16O4/c1-9(15)18-13-4-3-11-5-10(6-12(11)8-13)7-14(16)17-2/h3-4,8,10H,5-7H2,1-2H3. The second-order valence-electron chi connectivity index (χ2n) is 4.58. The second kappa shape index (κ2) is 5.21. The Balaban J connectivity index is 2.05. The highest BCUT2D eigenvalue weighted by Gasteiger charge is 2.24. The van der Waals surface area contributed by atoms with Gasteiger partial charge in [0.1, 0.15) is 5.75 Å². The van der Waals surface area contributed by atoms with E-state index in [-0.39, 0.29) is 11.9 Å². The number of ether oxygens (including phenoxy) is 2. The van der Waals surface area contributed by atoms with E-state index in [1.165, 1.54) is 19.6 Å². The first-order chi connectivity index (χ1) is 8.58. The molecular formula is C14H16O4. The number of rotatable bonds is 3. The van der Waals surface area contributed by atoms with Crippen LogP contribution in [0.4, 0.5) is 0 Å². The molecule has 96 valence electrons. The first-order valence-electron chi connectivity index (χ1n) is 5.95. The van der Waals surface area contributed by atoms with Gasteiger partial charge < -0.3 is 9.47 Å². The maximum Gasteiger partial charge on any atom is 0.308 e. The number of benzene rings is 1. The molecule has 0 aromatic heterocycles. The Morgan fingerprint density at radius 3 is 2.67 bits per heavy atom. The van der Waals surface area contributed by atoms with Crippen LogP contribution < -0.4 is 4.74 Å². The molecule has 0 bridgehead atoms. The molecule has 1 aromatic carbocycles. The van der Waals surface area contributed by atoms with Gasteiger partial charge >= 0.3 is 11.9 Å². The quantitative estimate of drug-likeness (QED) is 0.605. The number of carbonyl (C=O) groups excluding carboxylic acids is 2. The molecule has 1 aromatic rings. The van der Waals surface area contributed by atoms with Crippen LogP contribution in [0.2, 0.25) is 0 Å². The molecule has 1 atom stereocenters. The van der Waals surface area contributed by atoms with Gasteiger partial charge in [0.05, 0.1) is 7.11 Å². The van der Waals surface area contributed by atoms with Crippen LogP contribution in [-0.2, 0) is 27.2 Å². The zero-order chi connectivity index (χ0) is 13.1. The van der Waals surface area contributed by atoms with Gasteiger partial charge in [-0.3, -0.25) is 9.59 Å². The third kappa shape index (κ3) is 2.88. The first kappa shape index (κ1) is 12.6. The second-order valence-corrected chi connectivity index (χ2v) is 4.58. The molecule has 1 aliphatic carbocycles. The fourth-order valence-corrected chi connectivity index (χ4v) is 2.38. The van der Waals surface area contributed by atoms with Gasteiger partial charge in [-0.05, 0) is 42.0 Å². The smallest absolute Gasteiger partial charge is 0.308 e. The van der Waals surface area contributed by atoms with Crippen molar-refractivity contribution in [2.45, 2.75) is 26.2 Å². The molecule has 1 unspecified atom stereocenters. The average molecular weight is 248 g/mol. The van der Waals surface area contributed by atoms with Crippen molar-refractivity contribution in [2.75, 3.05) is 7.11 Å². The molecule has 18 heavy (non-hydrogen) atoms. The molecule has 4 nitrogen and oxygen atoms in total. The fourth-order valence-electron chi connectivity index (χ4n) is 2.38. The summed E-state index contributed by atoms with van der Waals surface area (Å²) in [5.41, 5.74) is 2.38. The van der Waals surface area contributed by atoms with Crippen LogP contribution in [0.1, 0.15) is 24.5 Å². The third-order valence-electron chi connectivity index (χ3n) is 3.14. The summed E-state index contributed by atoms with van der Waals surface area (Å²) < 4.78 is 9.73. The van der Waals surface area contributed by atoms with Crippen LogP contribution in [-0.4, -0.2) is 19.0 Å². The molecule has 0 N–H and O–H groups in total. The third-order valence-corrected chi connectivity index (χ3v) is 3.14. The molecule has 0 amide bonds. The fraction of sp³-hybridized carbons (Fsp3) is 0.429. The van der Waals surface area contributed by atoms with E-state index in [0.29, 0.717) is 18.1 Å². The highest BCUT2D eigenvalue weighted by atomic mass is 16.5. The predicted octanol–water partition coefficient (Wildman–Crippen LogP) is 1.89. The monoisotopic (exact) mass is 248 g/mol. The zero-order valence-electron chi connectivity index (χ0n) is 10.6. The number of methoxy groups -OCH3 is 1. The van der Waals surface area contributed by atoms with Crippen molar-refractivity contribution < 1.29 is 19.1 Å². The lowest BCUT2D eigenvalue weighted by Gasteiger charge is -2.05. The largest absolute Gasteiger partial charge is 0.469 e. The molecule has 0 aliphatic heterocycles. The van der Waals surface area contributed by atoms with Gasteiger partial charge in [-0.2, -0.15) is 0 Å². The van der Waals surface area contributed by atoms with Crippen LogP contribution in [0, 0.1) is 5.92 Å². The normalized spacial score (nSPS) is 17.1. The summed E-state index contributed by atoms with van der Waals surface area (Å²) in [5.74, 6) is 0.368. The zero-order valence-corrected chi connectivity index (χ0v) is 10.6. The van der Waals surface area contributed by atoms with Crippen LogP contribution >= 0.6 is 0 Å². The Morgan fingerprint density at radius 2 is 2.00 bits per heavy atom. The Kier molecular flexibility index (Phi) is 3.65. The molecule has 0 radical (unpaired) electrons. The Bertz CT molecular complexity index is 479. The van der Waals surface area contributed by atoms with Crippen molar-refractivity contribution in [3.8, 4) is 5.75 Å². The number of esters is 2. The van der Waals surface area contributed by atoms with E-state index in [1.807, 2.05) is 12.1 Å². The molecular weight excluding hydrogens is 232 g/mol. The lowest BCUT2D eigenvalue weighted by molar-refractivity contribution is -0.141. The number of hydrogen-bond donors (Lipinski definition) is 0. The summed E-state index contributed by atoms with van der Waals surface area (Å²) in [4.78, 5) is 22.1. The molecule has 0 fully saturated rings. The highest BCUT2D eigenvalue weighted by molar-refractivity contribution is 5.70. The molecule has 4 heteroatoms. The highest BCUT2D eigenvalue weighted by Crippen LogP contribution is 2.31. The predicted molar refractivity (Wildman–Crippen MR) is 65.3 cm³/mol. The van der Waals surface area contributed by atoms with E-state index in [1.54, 1.807) is 6.07 Å². The van der Waals surface area contributed by atoms with Gasteiger partial charge in [-0.25, -0.2) is 0 Å². The Labute approximate surface area is 106 Å². The van der Waals surface area contributed by atoms with Crippen molar-refractivity contribution in [3.05, 3.63) is 29.3 Å². The van der Waals surface area contributed by atoms with E-state index >= 15 is 0 Å². The van der Waals surface area contributed by atoms with E-state index in [0.717, 1.165) is 18.4 Å². The van der Waals surface area contributed by atoms with Gasteiger partial charge in [0.15, 0.2) is 0 Å². The first-order valence-corrected chi connectivity index (χ1v) is 5.95. The van der Waals surface area contributed by atoms with Crippen LogP contribution in [0.25, 0.3) is 0 Å². The van der Waals surface area contributed by atoms with Crippen molar-refractivity contribution in [3.63, 3.8) is 0 Å². The number of fused-ring (bicyclic) bond motifs is 1. The van der Waals surface area contributed by atoms with E-state index < -0.39 is 0 Å². The maximum absolute atomic E-state index is 11.2. The molecule has 1 aliphatic rings. The van der Waals surface area contributed by atoms with Crippen LogP contribution in [0.3, 0.4) is 0 Å². The minimum Gasteiger partial charge on any atom is -0.469 e. The van der Waals surface area contributed by atoms with Gasteiger partial charge in [0.2, 0.25) is 0 Å². The van der Waals surface area contributed by atoms with Crippen molar-refractivity contribution in [1.29, 1.82) is 0 Å². The summed E-state index contributed by atoms with van der Waals surface area (Å²) >= 11 is 0. The molecule has 0 saturated carbocycles. The van der Waals surface area contributed by atoms with Crippen molar-refractivity contribution in [2.24, 2.45) is 5.92 Å². The Hall–Kier alpha value is -1.84. The molecule has 0 heterocycles. The topological polar surface area (TPSA) is 52.6 Å². The van der Waals surface area contributed by atoms with E-state index in [2.05, 4.69) is 4.74 Å². The van der Waals surface area contributed by atoms with Gasteiger partial charge in [-0.15, -0.1) is 0 Å². The Morgan fingerprint density at radius 1 is 1.28 bits per heavy atom. The molecule has 0 spiro atoms. The number of carbonyl (C=O) groups is 2. The van der Waals surface area contributed by atoms with Gasteiger partial charge in [0.25, 0.3) is 0 Å². The SMILES string of the molecule is COC(=O)CC1Cc2ccc(OC(C)=O)cc2C1. The summed E-state index contributed by atoms with van der Waals surface area (Å²) in [6, 6.07) is 5.64. The van der Waals surface area contributed by atoms with Gasteiger partial charge in [0, 0.05) is 13.3 Å². The molecule has 2 rings (SSSR count). The number of hydrogen-bond acceptors (Lipinski definition) is 4. The van der Waals surface area contributed by atoms with E-state index in [4.69, 9.17) is 4.74 Å². The van der Waals surface area contributed by atoms with Crippen molar-refractivity contribution in [1.82, 2.24) is 0 Å². The van der Waals surface area contributed by atoms with Crippen LogP contribution in [0.15, 0.2) is 18.2 Å².